The topological polar surface area (TPSA) is 21.6 Å². The first-order valence-corrected chi connectivity index (χ1v) is 5.61. The van der Waals surface area contributed by atoms with Gasteiger partial charge in [-0.15, -0.1) is 0 Å². The van der Waals surface area contributed by atoms with E-state index in [1.165, 1.54) is 6.07 Å². The van der Waals surface area contributed by atoms with Crippen LogP contribution < -0.4 is 0 Å². The molecule has 0 saturated heterocycles. The summed E-state index contributed by atoms with van der Waals surface area (Å²) < 4.78 is 43.2. The molecule has 0 bridgehead atoms. The number of halogens is 4. The lowest BCUT2D eigenvalue weighted by molar-refractivity contribution is -0.138. The monoisotopic (exact) mass is 341 g/mol. The lowest BCUT2D eigenvalue weighted by Gasteiger charge is -2.10. The Kier molecular flexibility index (Phi) is 3.09. The van der Waals surface area contributed by atoms with E-state index in [0.717, 1.165) is 6.07 Å². The fourth-order valence-electron chi connectivity index (χ4n) is 1.39. The fraction of sp³-hybridized carbons (Fsp3) is 0.300. The number of benzene rings is 1. The first kappa shape index (κ1) is 11.7. The van der Waals surface area contributed by atoms with Crippen LogP contribution in [0.25, 0.3) is 0 Å². The van der Waals surface area contributed by atoms with Crippen molar-refractivity contribution in [1.29, 1.82) is 0 Å². The number of ether oxygens (including phenoxy) is 1. The second-order valence-electron chi connectivity index (χ2n) is 3.23. The highest BCUT2D eigenvalue weighted by molar-refractivity contribution is 14.1. The van der Waals surface area contributed by atoms with Gasteiger partial charge in [-0.3, -0.25) is 0 Å². The van der Waals surface area contributed by atoms with Gasteiger partial charge in [0.15, 0.2) is 0 Å². The zero-order valence-electron chi connectivity index (χ0n) is 8.01. The molecule has 1 aromatic rings. The molecule has 1 aliphatic heterocycles. The Morgan fingerprint density at radius 1 is 1.31 bits per heavy atom. The van der Waals surface area contributed by atoms with Gasteiger partial charge >= 0.3 is 6.18 Å². The van der Waals surface area contributed by atoms with Crippen molar-refractivity contribution in [3.05, 3.63) is 32.9 Å². The molecule has 2 rings (SSSR count). The summed E-state index contributed by atoms with van der Waals surface area (Å²) in [4.78, 5) is 3.98. The highest BCUT2D eigenvalue weighted by Gasteiger charge is 2.33. The first-order valence-electron chi connectivity index (χ1n) is 4.53. The quantitative estimate of drug-likeness (QED) is 0.720. The summed E-state index contributed by atoms with van der Waals surface area (Å²) in [6.07, 6.45) is -4.34. The van der Waals surface area contributed by atoms with Crippen molar-refractivity contribution in [2.45, 2.75) is 6.18 Å². The largest absolute Gasteiger partial charge is 0.476 e. The fourth-order valence-corrected chi connectivity index (χ4v) is 2.03. The normalized spacial score (nSPS) is 15.9. The van der Waals surface area contributed by atoms with Gasteiger partial charge in [0.05, 0.1) is 12.1 Å². The van der Waals surface area contributed by atoms with E-state index in [1.807, 2.05) is 0 Å². The van der Waals surface area contributed by atoms with Crippen molar-refractivity contribution in [2.75, 3.05) is 13.2 Å². The van der Waals surface area contributed by atoms with Crippen LogP contribution in [0.4, 0.5) is 13.2 Å². The number of rotatable bonds is 1. The van der Waals surface area contributed by atoms with Gasteiger partial charge in [0.1, 0.15) is 6.61 Å². The van der Waals surface area contributed by atoms with Crippen LogP contribution in [0.1, 0.15) is 11.1 Å². The second kappa shape index (κ2) is 4.23. The van der Waals surface area contributed by atoms with E-state index >= 15 is 0 Å². The van der Waals surface area contributed by atoms with Crippen LogP contribution in [0.5, 0.6) is 0 Å². The van der Waals surface area contributed by atoms with Gasteiger partial charge in [-0.05, 0) is 40.8 Å². The van der Waals surface area contributed by atoms with E-state index in [4.69, 9.17) is 4.74 Å². The van der Waals surface area contributed by atoms with Crippen LogP contribution in [0.3, 0.4) is 0 Å². The Hall–Kier alpha value is -0.790. The zero-order valence-corrected chi connectivity index (χ0v) is 10.2. The smallest absolute Gasteiger partial charge is 0.417 e. The van der Waals surface area contributed by atoms with Gasteiger partial charge in [0.2, 0.25) is 5.90 Å². The summed E-state index contributed by atoms with van der Waals surface area (Å²) in [5.41, 5.74) is -0.269. The highest BCUT2D eigenvalue weighted by Crippen LogP contribution is 2.33. The average Bonchev–Trinajstić information content (AvgIpc) is 2.69. The Morgan fingerprint density at radius 2 is 2.06 bits per heavy atom. The lowest BCUT2D eigenvalue weighted by Crippen LogP contribution is -2.10. The number of hydrogen-bond donors (Lipinski definition) is 0. The van der Waals surface area contributed by atoms with Crippen LogP contribution >= 0.6 is 22.6 Å². The third-order valence-corrected chi connectivity index (χ3v) is 3.04. The van der Waals surface area contributed by atoms with Gasteiger partial charge in [-0.25, -0.2) is 4.99 Å². The van der Waals surface area contributed by atoms with Crippen LogP contribution in [-0.2, 0) is 10.9 Å². The number of hydrogen-bond acceptors (Lipinski definition) is 2. The SMILES string of the molecule is FC(F)(F)c1cc(C2=NCCO2)ccc1I. The number of nitrogens with zero attached hydrogens (tertiary/aromatic N) is 1. The highest BCUT2D eigenvalue weighted by atomic mass is 127. The van der Waals surface area contributed by atoms with Crippen molar-refractivity contribution in [2.24, 2.45) is 4.99 Å². The maximum atomic E-state index is 12.6. The van der Waals surface area contributed by atoms with Crippen LogP contribution in [0.15, 0.2) is 23.2 Å². The molecule has 0 N–H and O–H groups in total. The van der Waals surface area contributed by atoms with Gasteiger partial charge < -0.3 is 4.74 Å². The first-order chi connectivity index (χ1) is 7.48. The molecule has 86 valence electrons. The molecule has 0 aliphatic carbocycles. The lowest BCUT2D eigenvalue weighted by atomic mass is 10.1. The molecule has 0 aromatic heterocycles. The van der Waals surface area contributed by atoms with Crippen molar-refractivity contribution in [1.82, 2.24) is 0 Å². The van der Waals surface area contributed by atoms with Crippen molar-refractivity contribution in [3.63, 3.8) is 0 Å². The Balaban J connectivity index is 2.43. The molecule has 0 amide bonds. The minimum absolute atomic E-state index is 0.174. The molecule has 0 spiro atoms. The molecule has 1 aliphatic rings. The van der Waals surface area contributed by atoms with E-state index in [-0.39, 0.29) is 3.57 Å². The Labute approximate surface area is 104 Å². The minimum atomic E-state index is -4.34. The van der Waals surface area contributed by atoms with Gasteiger partial charge in [-0.1, -0.05) is 0 Å². The second-order valence-corrected chi connectivity index (χ2v) is 4.39. The molecule has 0 saturated carbocycles. The summed E-state index contributed by atoms with van der Waals surface area (Å²) in [6, 6.07) is 4.08. The predicted molar refractivity (Wildman–Crippen MR) is 61.5 cm³/mol. The van der Waals surface area contributed by atoms with Crippen LogP contribution in [0.2, 0.25) is 0 Å². The molecular formula is C10H7F3INO. The minimum Gasteiger partial charge on any atom is -0.476 e. The molecule has 6 heteroatoms. The molecule has 1 heterocycles. The van der Waals surface area contributed by atoms with Gasteiger partial charge in [-0.2, -0.15) is 13.2 Å². The molecule has 0 unspecified atom stereocenters. The average molecular weight is 341 g/mol. The number of alkyl halides is 3. The van der Waals surface area contributed by atoms with E-state index < -0.39 is 11.7 Å². The third-order valence-electron chi connectivity index (χ3n) is 2.10. The maximum absolute atomic E-state index is 12.6. The summed E-state index contributed by atoms with van der Waals surface area (Å²) in [6.45, 7) is 0.936. The van der Waals surface area contributed by atoms with Gasteiger partial charge in [0, 0.05) is 9.13 Å². The van der Waals surface area contributed by atoms with Crippen molar-refractivity contribution >= 4 is 28.5 Å². The summed E-state index contributed by atoms with van der Waals surface area (Å²) in [5.74, 6) is 0.293. The summed E-state index contributed by atoms with van der Waals surface area (Å²) >= 11 is 1.66. The summed E-state index contributed by atoms with van der Waals surface area (Å²) in [5, 5.41) is 0. The van der Waals surface area contributed by atoms with Gasteiger partial charge in [0.25, 0.3) is 0 Å². The van der Waals surface area contributed by atoms with Crippen LogP contribution in [-0.4, -0.2) is 19.0 Å². The van der Waals surface area contributed by atoms with Crippen molar-refractivity contribution in [3.8, 4) is 0 Å². The molecule has 2 nitrogen and oxygen atoms in total. The molecular weight excluding hydrogens is 334 g/mol. The van der Waals surface area contributed by atoms with E-state index in [9.17, 15) is 13.2 Å². The summed E-state index contributed by atoms with van der Waals surface area (Å²) in [7, 11) is 0. The maximum Gasteiger partial charge on any atom is 0.417 e. The molecule has 0 radical (unpaired) electrons. The molecule has 0 fully saturated rings. The van der Waals surface area contributed by atoms with E-state index in [0.29, 0.717) is 24.6 Å². The zero-order chi connectivity index (χ0) is 11.8. The Morgan fingerprint density at radius 3 is 2.62 bits per heavy atom. The third kappa shape index (κ3) is 2.31. The molecule has 0 atom stereocenters. The van der Waals surface area contributed by atoms with Crippen LogP contribution in [0, 0.1) is 3.57 Å². The van der Waals surface area contributed by atoms with Crippen molar-refractivity contribution < 1.29 is 17.9 Å². The predicted octanol–water partition coefficient (Wildman–Crippen LogP) is 3.09. The molecule has 16 heavy (non-hydrogen) atoms. The van der Waals surface area contributed by atoms with E-state index in [1.54, 1.807) is 28.7 Å². The van der Waals surface area contributed by atoms with E-state index in [2.05, 4.69) is 4.99 Å². The number of aliphatic imine (C=N–C) groups is 1. The molecule has 1 aromatic carbocycles. The Bertz CT molecular complexity index is 442. The standard InChI is InChI=1S/C10H7F3INO/c11-10(12,13)7-5-6(1-2-8(7)14)9-15-3-4-16-9/h1-2,5H,3-4H2.